The minimum absolute atomic E-state index is 0.191. The summed E-state index contributed by atoms with van der Waals surface area (Å²) in [5, 5.41) is 6.78. The minimum atomic E-state index is -0.202. The zero-order valence-electron chi connectivity index (χ0n) is 11.2. The number of aromatic nitrogens is 1. The average Bonchev–Trinajstić information content (AvgIpc) is 2.49. The molecular weight excluding hydrogens is 361 g/mol. The summed E-state index contributed by atoms with van der Waals surface area (Å²) in [6, 6.07) is 10.6. The SMILES string of the molecule is O=C(CSc1ccc(Cl)cc1)NC(=S)Nc1ccc(Cl)cn1. The Morgan fingerprint density at radius 3 is 2.45 bits per heavy atom. The van der Waals surface area contributed by atoms with Crippen LogP contribution in [-0.4, -0.2) is 21.8 Å². The largest absolute Gasteiger partial charge is 0.317 e. The van der Waals surface area contributed by atoms with E-state index in [9.17, 15) is 4.79 Å². The van der Waals surface area contributed by atoms with Gasteiger partial charge in [-0.2, -0.15) is 0 Å². The van der Waals surface area contributed by atoms with Crippen LogP contribution in [0, 0.1) is 0 Å². The van der Waals surface area contributed by atoms with Gasteiger partial charge in [0.25, 0.3) is 0 Å². The van der Waals surface area contributed by atoms with Gasteiger partial charge >= 0.3 is 0 Å². The second-order valence-corrected chi connectivity index (χ2v) is 6.44. The third-order valence-electron chi connectivity index (χ3n) is 2.41. The average molecular weight is 372 g/mol. The molecular formula is C14H11Cl2N3OS2. The van der Waals surface area contributed by atoms with E-state index >= 15 is 0 Å². The Kier molecular flexibility index (Phi) is 6.45. The zero-order chi connectivity index (χ0) is 15.9. The number of pyridine rings is 1. The molecule has 22 heavy (non-hydrogen) atoms. The lowest BCUT2D eigenvalue weighted by Crippen LogP contribution is -2.35. The molecule has 8 heteroatoms. The Balaban J connectivity index is 1.77. The second-order valence-electron chi connectivity index (χ2n) is 4.11. The summed E-state index contributed by atoms with van der Waals surface area (Å²) in [6.07, 6.45) is 1.49. The topological polar surface area (TPSA) is 54.0 Å². The highest BCUT2D eigenvalue weighted by atomic mass is 35.5. The number of anilines is 1. The fourth-order valence-corrected chi connectivity index (χ4v) is 2.59. The van der Waals surface area contributed by atoms with E-state index in [4.69, 9.17) is 35.4 Å². The number of hydrogen-bond donors (Lipinski definition) is 2. The van der Waals surface area contributed by atoms with Gasteiger partial charge in [-0.1, -0.05) is 23.2 Å². The van der Waals surface area contributed by atoms with Crippen LogP contribution in [0.3, 0.4) is 0 Å². The predicted octanol–water partition coefficient (Wildman–Crippen LogP) is 3.99. The number of nitrogens with one attached hydrogen (secondary N) is 2. The van der Waals surface area contributed by atoms with Crippen molar-refractivity contribution in [2.75, 3.05) is 11.1 Å². The Hall–Kier alpha value is -1.34. The third kappa shape index (κ3) is 5.81. The third-order valence-corrected chi connectivity index (χ3v) is 4.10. The van der Waals surface area contributed by atoms with E-state index in [0.717, 1.165) is 4.90 Å². The van der Waals surface area contributed by atoms with E-state index in [1.165, 1.54) is 18.0 Å². The standard InChI is InChI=1S/C14H11Cl2N3OS2/c15-9-1-4-11(5-2-9)22-8-13(20)19-14(21)18-12-6-3-10(16)7-17-12/h1-7H,8H2,(H2,17,18,19,20,21). The predicted molar refractivity (Wildman–Crippen MR) is 95.8 cm³/mol. The van der Waals surface area contributed by atoms with Crippen LogP contribution in [0.25, 0.3) is 0 Å². The monoisotopic (exact) mass is 371 g/mol. The molecule has 2 N–H and O–H groups in total. The molecule has 0 fully saturated rings. The molecule has 0 unspecified atom stereocenters. The van der Waals surface area contributed by atoms with Crippen LogP contribution in [0.4, 0.5) is 5.82 Å². The molecule has 1 aromatic carbocycles. The number of amides is 1. The van der Waals surface area contributed by atoms with Gasteiger partial charge < -0.3 is 10.6 Å². The Bertz CT molecular complexity index is 663. The summed E-state index contributed by atoms with van der Waals surface area (Å²) in [5.41, 5.74) is 0. The van der Waals surface area contributed by atoms with Crippen LogP contribution in [-0.2, 0) is 4.79 Å². The number of benzene rings is 1. The molecule has 114 valence electrons. The lowest BCUT2D eigenvalue weighted by molar-refractivity contribution is -0.117. The molecule has 0 aliphatic rings. The molecule has 0 aliphatic carbocycles. The Morgan fingerprint density at radius 1 is 1.14 bits per heavy atom. The first-order valence-corrected chi connectivity index (χ1v) is 8.28. The van der Waals surface area contributed by atoms with Gasteiger partial charge in [-0.05, 0) is 48.6 Å². The molecule has 0 radical (unpaired) electrons. The number of thioether (sulfide) groups is 1. The van der Waals surface area contributed by atoms with E-state index in [1.807, 2.05) is 12.1 Å². The van der Waals surface area contributed by atoms with E-state index in [2.05, 4.69) is 15.6 Å². The maximum absolute atomic E-state index is 11.8. The van der Waals surface area contributed by atoms with Crippen LogP contribution in [0.2, 0.25) is 10.0 Å². The first-order chi connectivity index (χ1) is 10.5. The van der Waals surface area contributed by atoms with Crippen molar-refractivity contribution in [2.24, 2.45) is 0 Å². The highest BCUT2D eigenvalue weighted by Gasteiger charge is 2.06. The van der Waals surface area contributed by atoms with Gasteiger partial charge in [0.2, 0.25) is 5.91 Å². The quantitative estimate of drug-likeness (QED) is 0.628. The van der Waals surface area contributed by atoms with E-state index < -0.39 is 0 Å². The number of halogens is 2. The molecule has 2 rings (SSSR count). The van der Waals surface area contributed by atoms with Crippen LogP contribution in [0.5, 0.6) is 0 Å². The number of nitrogens with zero attached hydrogens (tertiary/aromatic N) is 1. The van der Waals surface area contributed by atoms with E-state index in [0.29, 0.717) is 15.9 Å². The van der Waals surface area contributed by atoms with Gasteiger partial charge in [-0.25, -0.2) is 4.98 Å². The second kappa shape index (κ2) is 8.33. The van der Waals surface area contributed by atoms with Gasteiger partial charge in [0, 0.05) is 16.1 Å². The molecule has 0 atom stereocenters. The summed E-state index contributed by atoms with van der Waals surface area (Å²) in [7, 11) is 0. The van der Waals surface area contributed by atoms with Gasteiger partial charge in [0.15, 0.2) is 5.11 Å². The molecule has 0 bridgehead atoms. The number of hydrogen-bond acceptors (Lipinski definition) is 4. The molecule has 1 amide bonds. The maximum atomic E-state index is 11.8. The molecule has 0 aliphatic heterocycles. The highest BCUT2D eigenvalue weighted by molar-refractivity contribution is 8.00. The van der Waals surface area contributed by atoms with Crippen LogP contribution < -0.4 is 10.6 Å². The zero-order valence-corrected chi connectivity index (χ0v) is 14.3. The van der Waals surface area contributed by atoms with Gasteiger partial charge in [-0.15, -0.1) is 11.8 Å². The first kappa shape index (κ1) is 17.0. The summed E-state index contributed by atoms with van der Waals surface area (Å²) < 4.78 is 0. The molecule has 4 nitrogen and oxygen atoms in total. The van der Waals surface area contributed by atoms with E-state index in [-0.39, 0.29) is 16.8 Å². The van der Waals surface area contributed by atoms with Gasteiger partial charge in [-0.3, -0.25) is 4.79 Å². The van der Waals surface area contributed by atoms with Crippen molar-refractivity contribution in [3.63, 3.8) is 0 Å². The minimum Gasteiger partial charge on any atom is -0.317 e. The van der Waals surface area contributed by atoms with Crippen molar-refractivity contribution in [1.82, 2.24) is 10.3 Å². The van der Waals surface area contributed by atoms with Crippen molar-refractivity contribution < 1.29 is 4.79 Å². The Labute approximate surface area is 147 Å². The molecule has 0 saturated heterocycles. The lowest BCUT2D eigenvalue weighted by atomic mass is 10.4. The van der Waals surface area contributed by atoms with Crippen LogP contribution in [0.15, 0.2) is 47.5 Å². The normalized spacial score (nSPS) is 10.1. The van der Waals surface area contributed by atoms with Crippen LogP contribution >= 0.6 is 47.2 Å². The summed E-state index contributed by atoms with van der Waals surface area (Å²) in [6.45, 7) is 0. The lowest BCUT2D eigenvalue weighted by Gasteiger charge is -2.08. The molecule has 0 saturated carbocycles. The van der Waals surface area contributed by atoms with Crippen molar-refractivity contribution >= 4 is 64.0 Å². The number of carbonyl (C=O) groups excluding carboxylic acids is 1. The van der Waals surface area contributed by atoms with Gasteiger partial charge in [0.05, 0.1) is 10.8 Å². The molecule has 1 aromatic heterocycles. The number of rotatable bonds is 4. The fourth-order valence-electron chi connectivity index (χ4n) is 1.44. The highest BCUT2D eigenvalue weighted by Crippen LogP contribution is 2.19. The van der Waals surface area contributed by atoms with Crippen molar-refractivity contribution in [3.05, 3.63) is 52.6 Å². The Morgan fingerprint density at radius 2 is 1.82 bits per heavy atom. The molecule has 2 aromatic rings. The van der Waals surface area contributed by atoms with Crippen molar-refractivity contribution in [3.8, 4) is 0 Å². The number of carbonyl (C=O) groups is 1. The summed E-state index contributed by atoms with van der Waals surface area (Å²) in [5.74, 6) is 0.559. The summed E-state index contributed by atoms with van der Waals surface area (Å²) in [4.78, 5) is 16.8. The first-order valence-electron chi connectivity index (χ1n) is 6.14. The molecule has 1 heterocycles. The van der Waals surface area contributed by atoms with Crippen LogP contribution in [0.1, 0.15) is 0 Å². The fraction of sp³-hybridized carbons (Fsp3) is 0.0714. The summed E-state index contributed by atoms with van der Waals surface area (Å²) >= 11 is 18.0. The maximum Gasteiger partial charge on any atom is 0.236 e. The van der Waals surface area contributed by atoms with Crippen molar-refractivity contribution in [2.45, 2.75) is 4.90 Å². The number of thiocarbonyl (C=S) groups is 1. The van der Waals surface area contributed by atoms with Crippen molar-refractivity contribution in [1.29, 1.82) is 0 Å². The smallest absolute Gasteiger partial charge is 0.236 e. The molecule has 0 spiro atoms. The van der Waals surface area contributed by atoms with E-state index in [1.54, 1.807) is 24.3 Å². The van der Waals surface area contributed by atoms with Gasteiger partial charge in [0.1, 0.15) is 5.82 Å².